The number of nitrogens with zero attached hydrogens (tertiary/aromatic N) is 4. The lowest BCUT2D eigenvalue weighted by Gasteiger charge is -2.37. The molecule has 7 heteroatoms. The van der Waals surface area contributed by atoms with Crippen molar-refractivity contribution in [2.75, 3.05) is 63.9 Å². The highest BCUT2D eigenvalue weighted by Crippen LogP contribution is 2.19. The van der Waals surface area contributed by atoms with E-state index in [0.717, 1.165) is 69.2 Å². The zero-order valence-electron chi connectivity index (χ0n) is 14.8. The summed E-state index contributed by atoms with van der Waals surface area (Å²) in [5.41, 5.74) is 1.02. The van der Waals surface area contributed by atoms with Crippen LogP contribution in [0.1, 0.15) is 0 Å². The molecule has 1 aromatic carbocycles. The standard InChI is InChI=1S/C19H24N4O2.ClH/c24-19(15-21-11-13-25-14-12-21)23-9-7-22(8-10-23)18-6-5-16-3-1-2-4-17(16)20-18;/h1-6H,7-15H2;1H. The van der Waals surface area contributed by atoms with Crippen LogP contribution in [-0.4, -0.2) is 79.7 Å². The second-order valence-corrected chi connectivity index (χ2v) is 6.62. The minimum atomic E-state index is 0. The summed E-state index contributed by atoms with van der Waals surface area (Å²) in [6, 6.07) is 12.4. The van der Waals surface area contributed by atoms with Crippen LogP contribution < -0.4 is 4.90 Å². The lowest BCUT2D eigenvalue weighted by Crippen LogP contribution is -2.52. The number of carbonyl (C=O) groups is 1. The first-order valence-electron chi connectivity index (χ1n) is 8.98. The molecule has 3 heterocycles. The third kappa shape index (κ3) is 4.26. The quantitative estimate of drug-likeness (QED) is 0.815. The van der Waals surface area contributed by atoms with Gasteiger partial charge in [0.1, 0.15) is 5.82 Å². The molecule has 140 valence electrons. The van der Waals surface area contributed by atoms with E-state index in [-0.39, 0.29) is 18.3 Å². The molecule has 2 saturated heterocycles. The van der Waals surface area contributed by atoms with Crippen LogP contribution in [0.3, 0.4) is 0 Å². The topological polar surface area (TPSA) is 48.9 Å². The summed E-state index contributed by atoms with van der Waals surface area (Å²) >= 11 is 0. The molecule has 2 aliphatic heterocycles. The third-order valence-corrected chi connectivity index (χ3v) is 5.00. The fourth-order valence-electron chi connectivity index (χ4n) is 3.47. The summed E-state index contributed by atoms with van der Waals surface area (Å²) in [7, 11) is 0. The number of amides is 1. The van der Waals surface area contributed by atoms with Gasteiger partial charge >= 0.3 is 0 Å². The van der Waals surface area contributed by atoms with Gasteiger partial charge < -0.3 is 14.5 Å². The number of halogens is 1. The molecule has 0 atom stereocenters. The van der Waals surface area contributed by atoms with E-state index in [0.29, 0.717) is 6.54 Å². The Labute approximate surface area is 160 Å². The molecule has 1 aromatic heterocycles. The number of rotatable bonds is 3. The number of hydrogen-bond donors (Lipinski definition) is 0. The number of piperazine rings is 1. The number of fused-ring (bicyclic) bond motifs is 1. The predicted molar refractivity (Wildman–Crippen MR) is 105 cm³/mol. The monoisotopic (exact) mass is 376 g/mol. The van der Waals surface area contributed by atoms with Crippen molar-refractivity contribution >= 4 is 35.0 Å². The first kappa shape index (κ1) is 18.9. The van der Waals surface area contributed by atoms with Gasteiger partial charge in [0.05, 0.1) is 25.3 Å². The molecular weight excluding hydrogens is 352 g/mol. The molecule has 0 radical (unpaired) electrons. The molecule has 1 amide bonds. The molecule has 0 saturated carbocycles. The Bertz CT molecular complexity index is 743. The average Bonchev–Trinajstić information content (AvgIpc) is 2.68. The minimum Gasteiger partial charge on any atom is -0.379 e. The van der Waals surface area contributed by atoms with Crippen LogP contribution in [-0.2, 0) is 9.53 Å². The van der Waals surface area contributed by atoms with Crippen LogP contribution in [0.25, 0.3) is 10.9 Å². The Morgan fingerprint density at radius 3 is 2.46 bits per heavy atom. The Morgan fingerprint density at radius 2 is 1.69 bits per heavy atom. The van der Waals surface area contributed by atoms with Gasteiger partial charge in [0.15, 0.2) is 0 Å². The Balaban J connectivity index is 0.00000196. The predicted octanol–water partition coefficient (Wildman–Crippen LogP) is 1.64. The molecule has 0 unspecified atom stereocenters. The van der Waals surface area contributed by atoms with Gasteiger partial charge in [0.25, 0.3) is 0 Å². The zero-order valence-corrected chi connectivity index (χ0v) is 15.7. The summed E-state index contributed by atoms with van der Waals surface area (Å²) in [5.74, 6) is 1.23. The maximum atomic E-state index is 12.5. The van der Waals surface area contributed by atoms with Gasteiger partial charge in [-0.3, -0.25) is 9.69 Å². The van der Waals surface area contributed by atoms with Crippen LogP contribution in [0.4, 0.5) is 5.82 Å². The van der Waals surface area contributed by atoms with Crippen LogP contribution >= 0.6 is 12.4 Å². The largest absolute Gasteiger partial charge is 0.379 e. The van der Waals surface area contributed by atoms with Crippen molar-refractivity contribution < 1.29 is 9.53 Å². The highest BCUT2D eigenvalue weighted by atomic mass is 35.5. The summed E-state index contributed by atoms with van der Waals surface area (Å²) in [5, 5.41) is 1.16. The average molecular weight is 377 g/mol. The van der Waals surface area contributed by atoms with Crippen molar-refractivity contribution in [2.24, 2.45) is 0 Å². The van der Waals surface area contributed by atoms with Crippen molar-refractivity contribution in [2.45, 2.75) is 0 Å². The molecule has 0 bridgehead atoms. The van der Waals surface area contributed by atoms with E-state index in [1.54, 1.807) is 0 Å². The van der Waals surface area contributed by atoms with Crippen LogP contribution in [0.5, 0.6) is 0 Å². The highest BCUT2D eigenvalue weighted by molar-refractivity contribution is 5.85. The number of hydrogen-bond acceptors (Lipinski definition) is 5. The first-order chi connectivity index (χ1) is 12.3. The van der Waals surface area contributed by atoms with Gasteiger partial charge in [-0.2, -0.15) is 0 Å². The molecule has 2 aliphatic rings. The fourth-order valence-corrected chi connectivity index (χ4v) is 3.47. The van der Waals surface area contributed by atoms with Crippen molar-refractivity contribution in [3.8, 4) is 0 Å². The van der Waals surface area contributed by atoms with Gasteiger partial charge in [-0.05, 0) is 18.2 Å². The Kier molecular flexibility index (Phi) is 6.29. The second kappa shape index (κ2) is 8.66. The number of benzene rings is 1. The van der Waals surface area contributed by atoms with Crippen molar-refractivity contribution in [1.82, 2.24) is 14.8 Å². The molecule has 0 N–H and O–H groups in total. The second-order valence-electron chi connectivity index (χ2n) is 6.62. The molecular formula is C19H25ClN4O2. The van der Waals surface area contributed by atoms with Crippen LogP contribution in [0.2, 0.25) is 0 Å². The number of ether oxygens (including phenoxy) is 1. The highest BCUT2D eigenvalue weighted by Gasteiger charge is 2.24. The molecule has 2 aromatic rings. The smallest absolute Gasteiger partial charge is 0.236 e. The molecule has 4 rings (SSSR count). The van der Waals surface area contributed by atoms with E-state index < -0.39 is 0 Å². The maximum absolute atomic E-state index is 12.5. The van der Waals surface area contributed by atoms with E-state index in [9.17, 15) is 4.79 Å². The fraction of sp³-hybridized carbons (Fsp3) is 0.474. The first-order valence-corrected chi connectivity index (χ1v) is 8.98. The molecule has 0 spiro atoms. The van der Waals surface area contributed by atoms with Gasteiger partial charge in [0, 0.05) is 44.7 Å². The van der Waals surface area contributed by atoms with E-state index in [1.165, 1.54) is 0 Å². The molecule has 26 heavy (non-hydrogen) atoms. The number of aromatic nitrogens is 1. The number of para-hydroxylation sites is 1. The lowest BCUT2D eigenvalue weighted by molar-refractivity contribution is -0.133. The van der Waals surface area contributed by atoms with Gasteiger partial charge in [-0.15, -0.1) is 12.4 Å². The summed E-state index contributed by atoms with van der Waals surface area (Å²) in [6.07, 6.45) is 0. The number of pyridine rings is 1. The van der Waals surface area contributed by atoms with Gasteiger partial charge in [-0.1, -0.05) is 18.2 Å². The summed E-state index contributed by atoms with van der Waals surface area (Å²) in [6.45, 7) is 6.87. The maximum Gasteiger partial charge on any atom is 0.236 e. The lowest BCUT2D eigenvalue weighted by atomic mass is 10.2. The summed E-state index contributed by atoms with van der Waals surface area (Å²) < 4.78 is 5.34. The van der Waals surface area contributed by atoms with Gasteiger partial charge in [0.2, 0.25) is 5.91 Å². The SMILES string of the molecule is Cl.O=C(CN1CCOCC1)N1CCN(c2ccc3ccccc3n2)CC1. The van der Waals surface area contributed by atoms with Crippen LogP contribution in [0.15, 0.2) is 36.4 Å². The molecule has 0 aliphatic carbocycles. The third-order valence-electron chi connectivity index (χ3n) is 5.00. The van der Waals surface area contributed by atoms with Gasteiger partial charge in [-0.25, -0.2) is 4.98 Å². The van der Waals surface area contributed by atoms with Crippen molar-refractivity contribution in [3.05, 3.63) is 36.4 Å². The zero-order chi connectivity index (χ0) is 17.1. The Hall–Kier alpha value is -1.89. The van der Waals surface area contributed by atoms with E-state index >= 15 is 0 Å². The van der Waals surface area contributed by atoms with Crippen molar-refractivity contribution in [3.63, 3.8) is 0 Å². The molecule has 2 fully saturated rings. The summed E-state index contributed by atoms with van der Waals surface area (Å²) in [4.78, 5) is 23.7. The van der Waals surface area contributed by atoms with Crippen molar-refractivity contribution in [1.29, 1.82) is 0 Å². The number of anilines is 1. The number of morpholine rings is 1. The normalized spacial score (nSPS) is 18.6. The number of carbonyl (C=O) groups excluding carboxylic acids is 1. The van der Waals surface area contributed by atoms with E-state index in [1.807, 2.05) is 23.1 Å². The minimum absolute atomic E-state index is 0. The van der Waals surface area contributed by atoms with E-state index in [4.69, 9.17) is 9.72 Å². The molecule has 6 nitrogen and oxygen atoms in total. The van der Waals surface area contributed by atoms with E-state index in [2.05, 4.69) is 28.0 Å². The van der Waals surface area contributed by atoms with Crippen LogP contribution in [0, 0.1) is 0 Å². The Morgan fingerprint density at radius 1 is 0.962 bits per heavy atom.